The quantitative estimate of drug-likeness (QED) is 0.688. The van der Waals surface area contributed by atoms with Crippen LogP contribution in [0.25, 0.3) is 10.8 Å². The van der Waals surface area contributed by atoms with Gasteiger partial charge in [-0.25, -0.2) is 4.98 Å². The summed E-state index contributed by atoms with van der Waals surface area (Å²) in [6, 6.07) is 8.53. The first-order valence-corrected chi connectivity index (χ1v) is 10.3. The van der Waals surface area contributed by atoms with E-state index in [1.807, 2.05) is 19.2 Å². The molecule has 2 N–H and O–H groups in total. The molecule has 29 heavy (non-hydrogen) atoms. The Labute approximate surface area is 172 Å². The van der Waals surface area contributed by atoms with Crippen molar-refractivity contribution < 1.29 is 5.11 Å². The van der Waals surface area contributed by atoms with E-state index in [4.69, 9.17) is 4.98 Å². The summed E-state index contributed by atoms with van der Waals surface area (Å²) in [5.41, 5.74) is 2.90. The molecule has 1 aromatic heterocycles. The number of pyridine rings is 1. The Morgan fingerprint density at radius 3 is 2.55 bits per heavy atom. The molecule has 0 saturated carbocycles. The van der Waals surface area contributed by atoms with Gasteiger partial charge in [0.2, 0.25) is 0 Å². The molecule has 4 rings (SSSR count). The van der Waals surface area contributed by atoms with Crippen LogP contribution in [0.1, 0.15) is 44.9 Å². The largest absolute Gasteiger partial charge is 0.508 e. The second-order valence-corrected chi connectivity index (χ2v) is 8.77. The van der Waals surface area contributed by atoms with Crippen LogP contribution in [-0.2, 0) is 5.41 Å². The van der Waals surface area contributed by atoms with Gasteiger partial charge in [-0.3, -0.25) is 4.99 Å². The van der Waals surface area contributed by atoms with Gasteiger partial charge in [0.15, 0.2) is 0 Å². The molecular formula is C25H29N3O. The fraction of sp³-hybridized carbons (Fsp3) is 0.360. The molecular weight excluding hydrogens is 358 g/mol. The van der Waals surface area contributed by atoms with Crippen LogP contribution >= 0.6 is 0 Å². The number of fused-ring (bicyclic) bond motifs is 2. The molecule has 0 amide bonds. The number of aliphatic imine (C=N–C) groups is 1. The Morgan fingerprint density at radius 1 is 1.14 bits per heavy atom. The molecule has 2 atom stereocenters. The van der Waals surface area contributed by atoms with Crippen molar-refractivity contribution in [3.05, 3.63) is 71.3 Å². The average Bonchev–Trinajstić information content (AvgIpc) is 2.71. The van der Waals surface area contributed by atoms with Crippen LogP contribution in [0.2, 0.25) is 0 Å². The highest BCUT2D eigenvalue weighted by Crippen LogP contribution is 2.48. The predicted octanol–water partition coefficient (Wildman–Crippen LogP) is 5.89. The highest BCUT2D eigenvalue weighted by Gasteiger charge is 2.41. The first-order valence-electron chi connectivity index (χ1n) is 10.3. The number of allylic oxidation sites excluding steroid dienone is 4. The van der Waals surface area contributed by atoms with Gasteiger partial charge in [-0.2, -0.15) is 0 Å². The zero-order valence-electron chi connectivity index (χ0n) is 17.8. The summed E-state index contributed by atoms with van der Waals surface area (Å²) in [6.45, 7) is 8.86. The lowest BCUT2D eigenvalue weighted by molar-refractivity contribution is 0.307. The molecule has 0 bridgehead atoms. The lowest BCUT2D eigenvalue weighted by Gasteiger charge is -2.41. The van der Waals surface area contributed by atoms with E-state index in [1.54, 1.807) is 12.3 Å². The van der Waals surface area contributed by atoms with Crippen LogP contribution in [0.5, 0.6) is 0 Å². The Bertz CT molecular complexity index is 1070. The van der Waals surface area contributed by atoms with Gasteiger partial charge in [-0.05, 0) is 23.5 Å². The Hall–Kier alpha value is -2.88. The molecule has 150 valence electrons. The van der Waals surface area contributed by atoms with Crippen molar-refractivity contribution in [1.82, 2.24) is 4.98 Å². The van der Waals surface area contributed by atoms with Gasteiger partial charge >= 0.3 is 0 Å². The second-order valence-electron chi connectivity index (χ2n) is 8.77. The van der Waals surface area contributed by atoms with Crippen molar-refractivity contribution in [2.75, 3.05) is 12.4 Å². The maximum absolute atomic E-state index is 10.4. The van der Waals surface area contributed by atoms with E-state index >= 15 is 0 Å². The highest BCUT2D eigenvalue weighted by atomic mass is 16.3. The van der Waals surface area contributed by atoms with Crippen LogP contribution in [0, 0.1) is 11.8 Å². The van der Waals surface area contributed by atoms with Gasteiger partial charge in [-0.15, -0.1) is 0 Å². The molecule has 2 aliphatic rings. The molecule has 4 heteroatoms. The number of anilines is 1. The van der Waals surface area contributed by atoms with Crippen molar-refractivity contribution >= 4 is 22.8 Å². The monoisotopic (exact) mass is 387 g/mol. The van der Waals surface area contributed by atoms with Gasteiger partial charge in [0.25, 0.3) is 0 Å². The van der Waals surface area contributed by atoms with E-state index in [2.05, 4.69) is 68.3 Å². The summed E-state index contributed by atoms with van der Waals surface area (Å²) in [6.07, 6.45) is 9.72. The average molecular weight is 388 g/mol. The minimum atomic E-state index is -0.296. The fourth-order valence-electron chi connectivity index (χ4n) is 4.79. The van der Waals surface area contributed by atoms with Gasteiger partial charge in [-0.1, -0.05) is 58.0 Å². The number of aliphatic hydroxyl groups excluding tert-OH is 1. The molecule has 1 aliphatic carbocycles. The van der Waals surface area contributed by atoms with Gasteiger partial charge < -0.3 is 10.4 Å². The standard InChI is InChI=1S/C25H29N3O/c1-15(2)23-18-10-7-6-9-17(18)22(24(26-5)28-23)25(3,4)20-13-16(29)14-21-19(20)11-8-12-27-21/h6-15,19-20,29H,1-5H3,(H,26,28). The van der Waals surface area contributed by atoms with Crippen molar-refractivity contribution in [1.29, 1.82) is 0 Å². The Balaban J connectivity index is 1.96. The maximum atomic E-state index is 10.4. The number of rotatable bonds is 4. The zero-order valence-corrected chi connectivity index (χ0v) is 17.8. The van der Waals surface area contributed by atoms with Crippen molar-refractivity contribution in [3.8, 4) is 0 Å². The molecule has 4 nitrogen and oxygen atoms in total. The smallest absolute Gasteiger partial charge is 0.130 e. The molecule has 2 heterocycles. The van der Waals surface area contributed by atoms with Crippen molar-refractivity contribution in [2.45, 2.75) is 39.0 Å². The van der Waals surface area contributed by atoms with E-state index < -0.39 is 0 Å². The highest BCUT2D eigenvalue weighted by molar-refractivity contribution is 5.92. The first kappa shape index (κ1) is 19.4. The van der Waals surface area contributed by atoms with Crippen LogP contribution < -0.4 is 5.32 Å². The van der Waals surface area contributed by atoms with Gasteiger partial charge in [0.1, 0.15) is 11.6 Å². The number of hydrogen-bond donors (Lipinski definition) is 2. The fourth-order valence-corrected chi connectivity index (χ4v) is 4.79. The van der Waals surface area contributed by atoms with Crippen molar-refractivity contribution in [2.24, 2.45) is 16.8 Å². The molecule has 2 unspecified atom stereocenters. The Kier molecular flexibility index (Phi) is 4.81. The molecule has 0 spiro atoms. The van der Waals surface area contributed by atoms with Gasteiger partial charge in [0, 0.05) is 47.5 Å². The topological polar surface area (TPSA) is 57.5 Å². The third kappa shape index (κ3) is 3.17. The van der Waals surface area contributed by atoms with E-state index in [0.29, 0.717) is 5.92 Å². The minimum Gasteiger partial charge on any atom is -0.508 e. The summed E-state index contributed by atoms with van der Waals surface area (Å²) in [7, 11) is 1.94. The SMILES string of the molecule is CNc1nc(C(C)C)c2ccccc2c1C(C)(C)C1C=C(O)C=C2N=CC=CC21. The molecule has 1 aliphatic heterocycles. The lowest BCUT2D eigenvalue weighted by atomic mass is 9.64. The van der Waals surface area contributed by atoms with E-state index in [-0.39, 0.29) is 23.0 Å². The van der Waals surface area contributed by atoms with Gasteiger partial charge in [0.05, 0.1) is 11.4 Å². The minimum absolute atomic E-state index is 0.0541. The number of dihydropyridines is 1. The predicted molar refractivity (Wildman–Crippen MR) is 122 cm³/mol. The zero-order chi connectivity index (χ0) is 20.8. The van der Waals surface area contributed by atoms with Crippen LogP contribution in [-0.4, -0.2) is 23.4 Å². The number of benzene rings is 1. The molecule has 0 saturated heterocycles. The first-order chi connectivity index (χ1) is 13.8. The summed E-state index contributed by atoms with van der Waals surface area (Å²) < 4.78 is 0. The van der Waals surface area contributed by atoms with Crippen LogP contribution in [0.3, 0.4) is 0 Å². The van der Waals surface area contributed by atoms with E-state index in [0.717, 1.165) is 17.2 Å². The molecule has 1 aromatic carbocycles. The van der Waals surface area contributed by atoms with E-state index in [9.17, 15) is 5.11 Å². The normalized spacial score (nSPS) is 21.2. The number of nitrogens with zero attached hydrogens (tertiary/aromatic N) is 2. The number of nitrogens with one attached hydrogen (secondary N) is 1. The molecule has 2 aromatic rings. The molecule has 0 fully saturated rings. The second kappa shape index (κ2) is 7.18. The third-order valence-corrected chi connectivity index (χ3v) is 6.21. The summed E-state index contributed by atoms with van der Waals surface area (Å²) in [4.78, 5) is 9.57. The number of aromatic nitrogens is 1. The number of hydrogen-bond acceptors (Lipinski definition) is 4. The molecule has 0 radical (unpaired) electrons. The lowest BCUT2D eigenvalue weighted by Crippen LogP contribution is -2.36. The third-order valence-electron chi connectivity index (χ3n) is 6.21. The Morgan fingerprint density at radius 2 is 1.86 bits per heavy atom. The summed E-state index contributed by atoms with van der Waals surface area (Å²) >= 11 is 0. The summed E-state index contributed by atoms with van der Waals surface area (Å²) in [5, 5.41) is 16.2. The van der Waals surface area contributed by atoms with Crippen LogP contribution in [0.15, 0.2) is 65.0 Å². The summed E-state index contributed by atoms with van der Waals surface area (Å²) in [5.74, 6) is 1.69. The van der Waals surface area contributed by atoms with E-state index in [1.165, 1.54) is 16.3 Å². The number of aliphatic hydroxyl groups is 1. The maximum Gasteiger partial charge on any atom is 0.130 e. The van der Waals surface area contributed by atoms with Crippen LogP contribution in [0.4, 0.5) is 5.82 Å². The van der Waals surface area contributed by atoms with Crippen molar-refractivity contribution in [3.63, 3.8) is 0 Å².